The Morgan fingerprint density at radius 1 is 1.00 bits per heavy atom. The zero-order valence-corrected chi connectivity index (χ0v) is 22.3. The van der Waals surface area contributed by atoms with E-state index in [9.17, 15) is 14.7 Å². The number of aliphatic hydroxyl groups is 1. The Balaban J connectivity index is 1.22. The monoisotopic (exact) mass is 527 g/mol. The number of carbonyl (C=O) groups excluding carboxylic acids is 2. The highest BCUT2D eigenvalue weighted by atomic mass is 16.5. The van der Waals surface area contributed by atoms with Gasteiger partial charge in [-0.3, -0.25) is 24.2 Å². The van der Waals surface area contributed by atoms with E-state index >= 15 is 0 Å². The van der Waals surface area contributed by atoms with E-state index in [2.05, 4.69) is 41.5 Å². The minimum atomic E-state index is -1.01. The highest BCUT2D eigenvalue weighted by Crippen LogP contribution is 2.36. The maximum Gasteiger partial charge on any atom is 0.256 e. The highest BCUT2D eigenvalue weighted by molar-refractivity contribution is 6.15. The molecule has 9 heteroatoms. The third-order valence-corrected chi connectivity index (χ3v) is 8.01. The number of rotatable bonds is 6. The average Bonchev–Trinajstić information content (AvgIpc) is 3.47. The van der Waals surface area contributed by atoms with E-state index in [4.69, 9.17) is 9.73 Å². The van der Waals surface area contributed by atoms with Crippen LogP contribution in [0.4, 0.5) is 0 Å². The minimum absolute atomic E-state index is 0.0242. The summed E-state index contributed by atoms with van der Waals surface area (Å²) in [7, 11) is 1.91. The summed E-state index contributed by atoms with van der Waals surface area (Å²) in [6.07, 6.45) is 3.99. The van der Waals surface area contributed by atoms with Crippen molar-refractivity contribution >= 4 is 17.6 Å². The van der Waals surface area contributed by atoms with E-state index in [1.54, 1.807) is 9.58 Å². The molecule has 39 heavy (non-hydrogen) atoms. The van der Waals surface area contributed by atoms with Crippen molar-refractivity contribution in [3.05, 3.63) is 66.5 Å². The van der Waals surface area contributed by atoms with E-state index in [1.807, 2.05) is 36.5 Å². The summed E-state index contributed by atoms with van der Waals surface area (Å²) in [6.45, 7) is 4.09. The van der Waals surface area contributed by atoms with Gasteiger partial charge < -0.3 is 14.7 Å². The van der Waals surface area contributed by atoms with Gasteiger partial charge in [0.05, 0.1) is 6.20 Å². The fourth-order valence-corrected chi connectivity index (χ4v) is 5.71. The molecule has 2 aromatic carbocycles. The molecule has 0 aliphatic carbocycles. The lowest BCUT2D eigenvalue weighted by atomic mass is 9.90. The van der Waals surface area contributed by atoms with Crippen LogP contribution in [-0.4, -0.2) is 86.8 Å². The molecule has 1 unspecified atom stereocenters. The number of aliphatic hydroxyl groups excluding tert-OH is 1. The summed E-state index contributed by atoms with van der Waals surface area (Å²) in [5.41, 5.74) is 4.51. The summed E-state index contributed by atoms with van der Waals surface area (Å²) in [6, 6.07) is 16.6. The number of nitrogens with zero attached hydrogens (tertiary/aromatic N) is 5. The van der Waals surface area contributed by atoms with Crippen LogP contribution in [0.2, 0.25) is 0 Å². The topological polar surface area (TPSA) is 100 Å². The molecule has 0 saturated carbocycles. The van der Waals surface area contributed by atoms with Gasteiger partial charge in [-0.05, 0) is 23.6 Å². The van der Waals surface area contributed by atoms with Gasteiger partial charge in [-0.2, -0.15) is 5.10 Å². The third-order valence-electron chi connectivity index (χ3n) is 8.01. The predicted octanol–water partition coefficient (Wildman–Crippen LogP) is 2.73. The van der Waals surface area contributed by atoms with Crippen LogP contribution in [0.25, 0.3) is 22.3 Å². The molecule has 1 N–H and O–H groups in total. The number of amidine groups is 1. The molecular weight excluding hydrogens is 494 g/mol. The van der Waals surface area contributed by atoms with Crippen LogP contribution in [0.1, 0.15) is 25.3 Å². The number of hydrogen-bond acceptors (Lipinski definition) is 6. The van der Waals surface area contributed by atoms with Crippen molar-refractivity contribution in [1.29, 1.82) is 0 Å². The van der Waals surface area contributed by atoms with E-state index in [1.165, 1.54) is 6.92 Å². The molecule has 202 valence electrons. The fraction of sp³-hybridized carbons (Fsp3) is 0.400. The lowest BCUT2D eigenvalue weighted by molar-refractivity contribution is -0.146. The first-order valence-electron chi connectivity index (χ1n) is 13.5. The largest absolute Gasteiger partial charge is 0.384 e. The Bertz CT molecular complexity index is 1400. The molecule has 6 rings (SSSR count). The number of aliphatic imine (C=N–C) groups is 1. The number of hydrogen-bond donors (Lipinski definition) is 1. The van der Waals surface area contributed by atoms with Crippen LogP contribution in [0, 0.1) is 5.92 Å². The zero-order chi connectivity index (χ0) is 27.1. The van der Waals surface area contributed by atoms with Gasteiger partial charge in [0.2, 0.25) is 0 Å². The van der Waals surface area contributed by atoms with E-state index < -0.39 is 11.6 Å². The molecule has 1 spiro atoms. The molecule has 3 aliphatic rings. The highest BCUT2D eigenvalue weighted by Gasteiger charge is 2.50. The molecule has 2 fully saturated rings. The SMILES string of the molecule is CC(O)C(=O)N1CC(CN2C(=O)C3(CCOCC3)N=C2c2ccc(-c3ccc(-c4cnn(C)c4)cc3)cc2)C1. The molecule has 4 heterocycles. The van der Waals surface area contributed by atoms with Crippen molar-refractivity contribution in [3.63, 3.8) is 0 Å². The number of carbonyl (C=O) groups is 2. The standard InChI is InChI=1S/C30H33N5O4/c1-20(36)28(37)34-16-21(17-34)18-35-27(32-30(29(35)38)11-13-39-14-12-30)25-9-7-23(8-10-25)22-3-5-24(6-4-22)26-15-31-33(2)19-26/h3-10,15,19-21,36H,11-14,16-18H2,1-2H3. The fourth-order valence-electron chi connectivity index (χ4n) is 5.71. The summed E-state index contributed by atoms with van der Waals surface area (Å²) in [5, 5.41) is 13.9. The summed E-state index contributed by atoms with van der Waals surface area (Å²) in [4.78, 5) is 34.3. The number of likely N-dealkylation sites (tertiary alicyclic amines) is 1. The lowest BCUT2D eigenvalue weighted by Crippen LogP contribution is -2.57. The molecule has 3 aromatic rings. The maximum atomic E-state index is 13.7. The normalized spacial score (nSPS) is 19.8. The second-order valence-electron chi connectivity index (χ2n) is 10.8. The number of aromatic nitrogens is 2. The van der Waals surface area contributed by atoms with Crippen molar-refractivity contribution < 1.29 is 19.4 Å². The molecule has 1 aromatic heterocycles. The molecule has 0 bridgehead atoms. The minimum Gasteiger partial charge on any atom is -0.384 e. The van der Waals surface area contributed by atoms with Crippen LogP contribution < -0.4 is 0 Å². The first kappa shape index (κ1) is 25.5. The second kappa shape index (κ2) is 10.1. The molecule has 9 nitrogen and oxygen atoms in total. The lowest BCUT2D eigenvalue weighted by Gasteiger charge is -2.42. The summed E-state index contributed by atoms with van der Waals surface area (Å²) < 4.78 is 7.34. The smallest absolute Gasteiger partial charge is 0.256 e. The van der Waals surface area contributed by atoms with E-state index in [0.717, 1.165) is 27.8 Å². The van der Waals surface area contributed by atoms with Crippen molar-refractivity contribution in [3.8, 4) is 22.3 Å². The van der Waals surface area contributed by atoms with Gasteiger partial charge in [0.15, 0.2) is 0 Å². The van der Waals surface area contributed by atoms with E-state index in [-0.39, 0.29) is 17.7 Å². The first-order chi connectivity index (χ1) is 18.8. The van der Waals surface area contributed by atoms with Gasteiger partial charge in [-0.25, -0.2) is 0 Å². The van der Waals surface area contributed by atoms with Crippen molar-refractivity contribution in [2.75, 3.05) is 32.8 Å². The van der Waals surface area contributed by atoms with Crippen molar-refractivity contribution in [2.45, 2.75) is 31.4 Å². The number of aryl methyl sites for hydroxylation is 1. The molecular formula is C30H33N5O4. The molecule has 3 aliphatic heterocycles. The van der Waals surface area contributed by atoms with E-state index in [0.29, 0.717) is 51.5 Å². The second-order valence-corrected chi connectivity index (χ2v) is 10.8. The molecule has 0 radical (unpaired) electrons. The molecule has 2 saturated heterocycles. The van der Waals surface area contributed by atoms with Gasteiger partial charge in [-0.1, -0.05) is 48.5 Å². The number of benzene rings is 2. The predicted molar refractivity (Wildman–Crippen MR) is 147 cm³/mol. The van der Waals surface area contributed by atoms with Crippen LogP contribution in [-0.2, 0) is 21.4 Å². The third kappa shape index (κ3) is 4.77. The Kier molecular flexibility index (Phi) is 6.56. The van der Waals surface area contributed by atoms with Gasteiger partial charge in [0.25, 0.3) is 11.8 Å². The Morgan fingerprint density at radius 3 is 2.10 bits per heavy atom. The first-order valence-corrected chi connectivity index (χ1v) is 13.5. The summed E-state index contributed by atoms with van der Waals surface area (Å²) >= 11 is 0. The average molecular weight is 528 g/mol. The Morgan fingerprint density at radius 2 is 1.56 bits per heavy atom. The number of ether oxygens (including phenoxy) is 1. The van der Waals surface area contributed by atoms with Crippen molar-refractivity contribution in [1.82, 2.24) is 19.6 Å². The van der Waals surface area contributed by atoms with Gasteiger partial charge in [-0.15, -0.1) is 0 Å². The van der Waals surface area contributed by atoms with Crippen LogP contribution in [0.15, 0.2) is 65.9 Å². The Hall–Kier alpha value is -3.82. The molecule has 2 amide bonds. The quantitative estimate of drug-likeness (QED) is 0.532. The van der Waals surface area contributed by atoms with Gasteiger partial charge in [0.1, 0.15) is 17.5 Å². The van der Waals surface area contributed by atoms with Gasteiger partial charge in [0, 0.05) is 76.0 Å². The zero-order valence-electron chi connectivity index (χ0n) is 22.3. The van der Waals surface area contributed by atoms with Crippen molar-refractivity contribution in [2.24, 2.45) is 18.0 Å². The van der Waals surface area contributed by atoms with Crippen LogP contribution >= 0.6 is 0 Å². The number of amides is 2. The summed E-state index contributed by atoms with van der Waals surface area (Å²) in [5.74, 6) is 0.601. The van der Waals surface area contributed by atoms with Crippen LogP contribution in [0.3, 0.4) is 0 Å². The maximum absolute atomic E-state index is 13.7. The Labute approximate surface area is 227 Å². The molecule has 1 atom stereocenters. The van der Waals surface area contributed by atoms with Gasteiger partial charge >= 0.3 is 0 Å². The van der Waals surface area contributed by atoms with Crippen LogP contribution in [0.5, 0.6) is 0 Å².